The number of ether oxygens (including phenoxy) is 1. The number of aromatic hydroxyl groups is 1. The second-order valence-corrected chi connectivity index (χ2v) is 12.0. The SMILES string of the molecule is COc1cc2c(O)cc3c(c2cc1-c1ccc[nH]1)-c1ccccc1C31CC(C)(C)CC(C)(C)C1. The van der Waals surface area contributed by atoms with Crippen LogP contribution in [0.1, 0.15) is 58.1 Å². The number of fused-ring (bicyclic) bond motifs is 7. The summed E-state index contributed by atoms with van der Waals surface area (Å²) in [7, 11) is 1.69. The maximum absolute atomic E-state index is 11.4. The first-order valence-corrected chi connectivity index (χ1v) is 12.3. The standard InChI is InChI=1S/C31H33NO2/c1-29(2)16-30(3,4)18-31(17-29)23-10-7-6-9-19(23)28-21-13-22(25-11-8-12-32-25)27(34-5)14-20(21)26(33)15-24(28)31/h6-15,32-33H,16-18H2,1-5H3. The molecule has 1 spiro atoms. The summed E-state index contributed by atoms with van der Waals surface area (Å²) in [5.41, 5.74) is 7.60. The Bertz CT molecular complexity index is 1410. The molecular formula is C31H33NO2. The summed E-state index contributed by atoms with van der Waals surface area (Å²) >= 11 is 0. The van der Waals surface area contributed by atoms with E-state index in [9.17, 15) is 5.11 Å². The van der Waals surface area contributed by atoms with Crippen LogP contribution in [0.4, 0.5) is 0 Å². The van der Waals surface area contributed by atoms with Gasteiger partial charge in [-0.2, -0.15) is 0 Å². The van der Waals surface area contributed by atoms with Crippen molar-refractivity contribution in [3.8, 4) is 33.9 Å². The molecule has 1 saturated carbocycles. The maximum atomic E-state index is 11.4. The summed E-state index contributed by atoms with van der Waals surface area (Å²) in [6.45, 7) is 9.63. The van der Waals surface area contributed by atoms with Crippen molar-refractivity contribution in [2.24, 2.45) is 10.8 Å². The fraction of sp³-hybridized carbons (Fsp3) is 0.355. The van der Waals surface area contributed by atoms with Crippen molar-refractivity contribution in [1.82, 2.24) is 4.98 Å². The van der Waals surface area contributed by atoms with E-state index in [0.717, 1.165) is 40.6 Å². The minimum Gasteiger partial charge on any atom is -0.507 e. The second kappa shape index (κ2) is 6.91. The van der Waals surface area contributed by atoms with E-state index in [4.69, 9.17) is 4.74 Å². The summed E-state index contributed by atoms with van der Waals surface area (Å²) in [6.07, 6.45) is 5.30. The van der Waals surface area contributed by atoms with E-state index in [-0.39, 0.29) is 16.2 Å². The van der Waals surface area contributed by atoms with Crippen LogP contribution in [0.3, 0.4) is 0 Å². The normalized spacial score (nSPS) is 19.2. The molecule has 2 aliphatic carbocycles. The molecule has 0 bridgehead atoms. The number of methoxy groups -OCH3 is 1. The Hall–Kier alpha value is -3.20. The summed E-state index contributed by atoms with van der Waals surface area (Å²) in [6, 6.07) is 19.2. The molecule has 0 saturated heterocycles. The van der Waals surface area contributed by atoms with Gasteiger partial charge in [-0.15, -0.1) is 0 Å². The predicted octanol–water partition coefficient (Wildman–Crippen LogP) is 8.05. The summed E-state index contributed by atoms with van der Waals surface area (Å²) < 4.78 is 5.75. The first-order chi connectivity index (χ1) is 16.1. The average molecular weight is 452 g/mol. The monoisotopic (exact) mass is 451 g/mol. The molecule has 4 aromatic rings. The van der Waals surface area contributed by atoms with Gasteiger partial charge in [0, 0.05) is 28.3 Å². The topological polar surface area (TPSA) is 45.2 Å². The van der Waals surface area contributed by atoms with Crippen molar-refractivity contribution in [3.63, 3.8) is 0 Å². The molecule has 3 nitrogen and oxygen atoms in total. The van der Waals surface area contributed by atoms with Gasteiger partial charge in [0.05, 0.1) is 7.11 Å². The number of benzene rings is 3. The number of hydrogen-bond acceptors (Lipinski definition) is 2. The Kier molecular flexibility index (Phi) is 4.34. The van der Waals surface area contributed by atoms with Crippen LogP contribution in [0.2, 0.25) is 0 Å². The number of phenolic OH excluding ortho intramolecular Hbond substituents is 1. The zero-order valence-electron chi connectivity index (χ0n) is 20.8. The molecule has 0 radical (unpaired) electrons. The Balaban J connectivity index is 1.73. The number of aromatic nitrogens is 1. The maximum Gasteiger partial charge on any atom is 0.128 e. The van der Waals surface area contributed by atoms with Gasteiger partial charge in [0.25, 0.3) is 0 Å². The lowest BCUT2D eigenvalue weighted by Gasteiger charge is -2.51. The third-order valence-electron chi connectivity index (χ3n) is 8.07. The Morgan fingerprint density at radius 1 is 0.794 bits per heavy atom. The van der Waals surface area contributed by atoms with Gasteiger partial charge >= 0.3 is 0 Å². The van der Waals surface area contributed by atoms with E-state index in [2.05, 4.69) is 75.1 Å². The predicted molar refractivity (Wildman–Crippen MR) is 140 cm³/mol. The van der Waals surface area contributed by atoms with Crippen LogP contribution in [0.5, 0.6) is 11.5 Å². The van der Waals surface area contributed by atoms with Gasteiger partial charge in [-0.1, -0.05) is 52.0 Å². The minimum atomic E-state index is -0.102. The van der Waals surface area contributed by atoms with Crippen LogP contribution in [-0.2, 0) is 5.41 Å². The van der Waals surface area contributed by atoms with Crippen molar-refractivity contribution < 1.29 is 9.84 Å². The highest BCUT2D eigenvalue weighted by molar-refractivity contribution is 6.07. The molecule has 2 aliphatic rings. The number of aromatic amines is 1. The molecule has 1 aromatic heterocycles. The highest BCUT2D eigenvalue weighted by atomic mass is 16.5. The highest BCUT2D eigenvalue weighted by Gasteiger charge is 2.53. The minimum absolute atomic E-state index is 0.102. The van der Waals surface area contributed by atoms with E-state index in [1.54, 1.807) is 7.11 Å². The number of phenols is 1. The molecule has 174 valence electrons. The summed E-state index contributed by atoms with van der Waals surface area (Å²) in [4.78, 5) is 3.33. The molecule has 34 heavy (non-hydrogen) atoms. The van der Waals surface area contributed by atoms with E-state index >= 15 is 0 Å². The van der Waals surface area contributed by atoms with Crippen molar-refractivity contribution in [1.29, 1.82) is 0 Å². The van der Waals surface area contributed by atoms with Crippen molar-refractivity contribution in [2.45, 2.75) is 52.4 Å². The fourth-order valence-corrected chi connectivity index (χ4v) is 7.74. The molecule has 0 unspecified atom stereocenters. The molecule has 3 aromatic carbocycles. The lowest BCUT2D eigenvalue weighted by molar-refractivity contribution is 0.0645. The summed E-state index contributed by atoms with van der Waals surface area (Å²) in [5.74, 6) is 1.09. The smallest absolute Gasteiger partial charge is 0.128 e. The molecule has 6 rings (SSSR count). The van der Waals surface area contributed by atoms with Crippen molar-refractivity contribution >= 4 is 10.8 Å². The largest absolute Gasteiger partial charge is 0.507 e. The third kappa shape index (κ3) is 2.95. The Morgan fingerprint density at radius 3 is 2.21 bits per heavy atom. The number of hydrogen-bond donors (Lipinski definition) is 2. The van der Waals surface area contributed by atoms with Gasteiger partial charge in [0.15, 0.2) is 0 Å². The molecule has 2 N–H and O–H groups in total. The van der Waals surface area contributed by atoms with Gasteiger partial charge in [-0.3, -0.25) is 0 Å². The van der Waals surface area contributed by atoms with E-state index in [1.165, 1.54) is 28.7 Å². The molecule has 1 heterocycles. The molecule has 3 heteroatoms. The van der Waals surface area contributed by atoms with Gasteiger partial charge in [-0.05, 0) is 88.1 Å². The van der Waals surface area contributed by atoms with Crippen LogP contribution in [0, 0.1) is 10.8 Å². The average Bonchev–Trinajstić information content (AvgIpc) is 3.38. The molecule has 1 fully saturated rings. The summed E-state index contributed by atoms with van der Waals surface area (Å²) in [5, 5.41) is 13.3. The van der Waals surface area contributed by atoms with Gasteiger partial charge < -0.3 is 14.8 Å². The number of rotatable bonds is 2. The van der Waals surface area contributed by atoms with Crippen LogP contribution in [0.15, 0.2) is 60.8 Å². The zero-order valence-corrected chi connectivity index (χ0v) is 20.8. The van der Waals surface area contributed by atoms with E-state index < -0.39 is 0 Å². The van der Waals surface area contributed by atoms with Crippen molar-refractivity contribution in [3.05, 3.63) is 71.9 Å². The van der Waals surface area contributed by atoms with Crippen LogP contribution < -0.4 is 4.74 Å². The lowest BCUT2D eigenvalue weighted by atomic mass is 9.52. The van der Waals surface area contributed by atoms with Crippen molar-refractivity contribution in [2.75, 3.05) is 7.11 Å². The van der Waals surface area contributed by atoms with Crippen LogP contribution in [0.25, 0.3) is 33.2 Å². The Morgan fingerprint density at radius 2 is 1.53 bits per heavy atom. The fourth-order valence-electron chi connectivity index (χ4n) is 7.74. The highest BCUT2D eigenvalue weighted by Crippen LogP contribution is 2.64. The van der Waals surface area contributed by atoms with E-state index in [1.807, 2.05) is 18.3 Å². The molecule has 0 amide bonds. The van der Waals surface area contributed by atoms with E-state index in [0.29, 0.717) is 5.75 Å². The number of H-pyrrole nitrogens is 1. The quantitative estimate of drug-likeness (QED) is 0.324. The van der Waals surface area contributed by atoms with Gasteiger partial charge in [0.2, 0.25) is 0 Å². The molecular weight excluding hydrogens is 418 g/mol. The van der Waals surface area contributed by atoms with Gasteiger partial charge in [0.1, 0.15) is 11.5 Å². The third-order valence-corrected chi connectivity index (χ3v) is 8.07. The van der Waals surface area contributed by atoms with Crippen LogP contribution >= 0.6 is 0 Å². The number of nitrogens with one attached hydrogen (secondary N) is 1. The molecule has 0 atom stereocenters. The molecule has 0 aliphatic heterocycles. The van der Waals surface area contributed by atoms with Gasteiger partial charge in [-0.25, -0.2) is 0 Å². The first kappa shape index (κ1) is 21.3. The second-order valence-electron chi connectivity index (χ2n) is 12.0. The first-order valence-electron chi connectivity index (χ1n) is 12.3. The zero-order chi connectivity index (χ0) is 23.9. The lowest BCUT2D eigenvalue weighted by Crippen LogP contribution is -2.43. The van der Waals surface area contributed by atoms with Crippen LogP contribution in [-0.4, -0.2) is 17.2 Å². The Labute approximate surface area is 201 Å².